The fourth-order valence-electron chi connectivity index (χ4n) is 2.72. The molecule has 4 aromatic rings. The van der Waals surface area contributed by atoms with Crippen molar-refractivity contribution in [2.75, 3.05) is 5.32 Å². The van der Waals surface area contributed by atoms with Gasteiger partial charge >= 0.3 is 0 Å². The Labute approximate surface area is 160 Å². The van der Waals surface area contributed by atoms with Crippen LogP contribution in [0.5, 0.6) is 0 Å². The summed E-state index contributed by atoms with van der Waals surface area (Å²) in [5.74, 6) is 0.419. The quantitative estimate of drug-likeness (QED) is 0.543. The standard InChI is InChI=1S/C20H17N5OS/c1-13-6-5-7-15(10-13)19(26)24-16-8-3-4-9-17(16)27-18-11-14(2)23-20-21-12-22-25(18)20/h3-12H,1-2H3,(H,24,26). The normalized spacial score (nSPS) is 10.9. The number of hydrogen-bond donors (Lipinski definition) is 1. The average molecular weight is 375 g/mol. The number of nitrogens with zero attached hydrogens (tertiary/aromatic N) is 4. The Morgan fingerprint density at radius 2 is 1.93 bits per heavy atom. The number of carbonyl (C=O) groups excluding carboxylic acids is 1. The predicted molar refractivity (Wildman–Crippen MR) is 105 cm³/mol. The lowest BCUT2D eigenvalue weighted by atomic mass is 10.1. The summed E-state index contributed by atoms with van der Waals surface area (Å²) < 4.78 is 1.69. The van der Waals surface area contributed by atoms with E-state index in [-0.39, 0.29) is 5.91 Å². The van der Waals surface area contributed by atoms with Crippen LogP contribution in [0, 0.1) is 13.8 Å². The number of para-hydroxylation sites is 1. The van der Waals surface area contributed by atoms with Gasteiger partial charge in [0.25, 0.3) is 11.7 Å². The molecule has 7 heteroatoms. The highest BCUT2D eigenvalue weighted by Crippen LogP contribution is 2.33. The fraction of sp³-hybridized carbons (Fsp3) is 0.100. The topological polar surface area (TPSA) is 72.2 Å². The van der Waals surface area contributed by atoms with Crippen LogP contribution in [-0.2, 0) is 0 Å². The van der Waals surface area contributed by atoms with Crippen LogP contribution in [-0.4, -0.2) is 25.5 Å². The molecule has 0 unspecified atom stereocenters. The predicted octanol–water partition coefficient (Wildman–Crippen LogP) is 4.14. The number of amides is 1. The summed E-state index contributed by atoms with van der Waals surface area (Å²) in [5, 5.41) is 8.13. The van der Waals surface area contributed by atoms with Crippen LogP contribution in [0.2, 0.25) is 0 Å². The molecule has 0 saturated carbocycles. The number of benzene rings is 2. The summed E-state index contributed by atoms with van der Waals surface area (Å²) in [6.45, 7) is 3.89. The van der Waals surface area contributed by atoms with Crippen molar-refractivity contribution in [3.05, 3.63) is 77.7 Å². The van der Waals surface area contributed by atoms with Gasteiger partial charge in [0.1, 0.15) is 11.4 Å². The number of aromatic nitrogens is 4. The van der Waals surface area contributed by atoms with Crippen LogP contribution in [0.15, 0.2) is 70.8 Å². The molecule has 2 aromatic heterocycles. The van der Waals surface area contributed by atoms with Gasteiger partial charge in [-0.15, -0.1) is 0 Å². The van der Waals surface area contributed by atoms with Crippen LogP contribution >= 0.6 is 11.8 Å². The first-order valence-electron chi connectivity index (χ1n) is 8.42. The van der Waals surface area contributed by atoms with Crippen molar-refractivity contribution < 1.29 is 4.79 Å². The summed E-state index contributed by atoms with van der Waals surface area (Å²) in [4.78, 5) is 22.1. The maximum absolute atomic E-state index is 12.6. The molecule has 1 amide bonds. The molecule has 0 saturated heterocycles. The second kappa shape index (κ2) is 7.20. The molecular formula is C20H17N5OS. The number of nitrogens with one attached hydrogen (secondary N) is 1. The molecule has 27 heavy (non-hydrogen) atoms. The first kappa shape index (κ1) is 17.2. The van der Waals surface area contributed by atoms with Crippen LogP contribution in [0.4, 0.5) is 5.69 Å². The first-order valence-corrected chi connectivity index (χ1v) is 9.24. The summed E-state index contributed by atoms with van der Waals surface area (Å²) in [6, 6.07) is 17.2. The van der Waals surface area contributed by atoms with Crippen LogP contribution in [0.1, 0.15) is 21.6 Å². The molecular weight excluding hydrogens is 358 g/mol. The van der Waals surface area contributed by atoms with Gasteiger partial charge in [-0.25, -0.2) is 4.98 Å². The second-order valence-corrected chi connectivity index (χ2v) is 7.19. The summed E-state index contributed by atoms with van der Waals surface area (Å²) >= 11 is 1.51. The van der Waals surface area contributed by atoms with Crippen molar-refractivity contribution in [3.8, 4) is 0 Å². The molecule has 0 spiro atoms. The van der Waals surface area contributed by atoms with Gasteiger partial charge in [0.15, 0.2) is 0 Å². The fourth-order valence-corrected chi connectivity index (χ4v) is 3.77. The van der Waals surface area contributed by atoms with Gasteiger partial charge < -0.3 is 5.32 Å². The molecule has 0 atom stereocenters. The van der Waals surface area contributed by atoms with Gasteiger partial charge in [0.05, 0.1) is 5.69 Å². The smallest absolute Gasteiger partial charge is 0.255 e. The van der Waals surface area contributed by atoms with Gasteiger partial charge in [-0.3, -0.25) is 4.79 Å². The van der Waals surface area contributed by atoms with E-state index in [1.807, 2.05) is 68.4 Å². The monoisotopic (exact) mass is 375 g/mol. The third-order valence-corrected chi connectivity index (χ3v) is 5.05. The zero-order valence-corrected chi connectivity index (χ0v) is 15.7. The maximum atomic E-state index is 12.6. The van der Waals surface area contributed by atoms with Crippen LogP contribution in [0.25, 0.3) is 5.78 Å². The van der Waals surface area contributed by atoms with E-state index in [1.165, 1.54) is 18.1 Å². The SMILES string of the molecule is Cc1cccc(C(=O)Nc2ccccc2Sc2cc(C)nc3ncnn23)c1. The molecule has 4 rings (SSSR count). The molecule has 0 aliphatic heterocycles. The maximum Gasteiger partial charge on any atom is 0.255 e. The molecule has 0 radical (unpaired) electrons. The molecule has 2 heterocycles. The van der Waals surface area contributed by atoms with E-state index >= 15 is 0 Å². The lowest BCUT2D eigenvalue weighted by Gasteiger charge is -2.12. The molecule has 0 bridgehead atoms. The second-order valence-electron chi connectivity index (χ2n) is 6.13. The van der Waals surface area contributed by atoms with Crippen molar-refractivity contribution in [1.29, 1.82) is 0 Å². The van der Waals surface area contributed by atoms with Crippen molar-refractivity contribution in [2.24, 2.45) is 0 Å². The molecule has 0 aliphatic rings. The largest absolute Gasteiger partial charge is 0.321 e. The van der Waals surface area contributed by atoms with E-state index in [1.54, 1.807) is 4.52 Å². The minimum absolute atomic E-state index is 0.136. The molecule has 134 valence electrons. The van der Waals surface area contributed by atoms with Crippen LogP contribution < -0.4 is 5.32 Å². The third-order valence-electron chi connectivity index (χ3n) is 3.98. The number of anilines is 1. The van der Waals surface area contributed by atoms with Gasteiger partial charge in [-0.2, -0.15) is 14.6 Å². The third kappa shape index (κ3) is 3.68. The highest BCUT2D eigenvalue weighted by atomic mass is 32.2. The number of hydrogen-bond acceptors (Lipinski definition) is 5. The molecule has 2 aromatic carbocycles. The highest BCUT2D eigenvalue weighted by molar-refractivity contribution is 7.99. The molecule has 1 N–H and O–H groups in total. The minimum atomic E-state index is -0.136. The van der Waals surface area contributed by atoms with Gasteiger partial charge in [0.2, 0.25) is 0 Å². The molecule has 6 nitrogen and oxygen atoms in total. The van der Waals surface area contributed by atoms with Gasteiger partial charge in [-0.1, -0.05) is 41.6 Å². The van der Waals surface area contributed by atoms with Crippen molar-refractivity contribution in [1.82, 2.24) is 19.6 Å². The lowest BCUT2D eigenvalue weighted by molar-refractivity contribution is 0.102. The van der Waals surface area contributed by atoms with E-state index in [4.69, 9.17) is 0 Å². The highest BCUT2D eigenvalue weighted by Gasteiger charge is 2.13. The van der Waals surface area contributed by atoms with Crippen LogP contribution in [0.3, 0.4) is 0 Å². The number of carbonyl (C=O) groups is 1. The summed E-state index contributed by atoms with van der Waals surface area (Å²) in [5.41, 5.74) is 3.29. The number of aryl methyl sites for hydroxylation is 2. The molecule has 0 fully saturated rings. The van der Waals surface area contributed by atoms with Crippen molar-refractivity contribution >= 4 is 29.1 Å². The van der Waals surface area contributed by atoms with E-state index in [2.05, 4.69) is 20.4 Å². The summed E-state index contributed by atoms with van der Waals surface area (Å²) in [6.07, 6.45) is 1.48. The van der Waals surface area contributed by atoms with Crippen molar-refractivity contribution in [3.63, 3.8) is 0 Å². The average Bonchev–Trinajstić information content (AvgIpc) is 3.12. The minimum Gasteiger partial charge on any atom is -0.321 e. The number of rotatable bonds is 4. The Kier molecular flexibility index (Phi) is 4.60. The number of fused-ring (bicyclic) bond motifs is 1. The first-order chi connectivity index (χ1) is 13.1. The Bertz CT molecular complexity index is 1140. The molecule has 0 aliphatic carbocycles. The van der Waals surface area contributed by atoms with E-state index in [9.17, 15) is 4.79 Å². The van der Waals surface area contributed by atoms with Crippen molar-refractivity contribution in [2.45, 2.75) is 23.8 Å². The zero-order valence-electron chi connectivity index (χ0n) is 14.9. The van der Waals surface area contributed by atoms with E-state index in [0.29, 0.717) is 11.3 Å². The van der Waals surface area contributed by atoms with E-state index in [0.717, 1.165) is 26.9 Å². The van der Waals surface area contributed by atoms with E-state index < -0.39 is 0 Å². The summed E-state index contributed by atoms with van der Waals surface area (Å²) in [7, 11) is 0. The Morgan fingerprint density at radius 1 is 1.07 bits per heavy atom. The Morgan fingerprint density at radius 3 is 2.78 bits per heavy atom. The lowest BCUT2D eigenvalue weighted by Crippen LogP contribution is -2.12. The van der Waals surface area contributed by atoms with Gasteiger partial charge in [-0.05, 0) is 44.2 Å². The Balaban J connectivity index is 1.65. The zero-order chi connectivity index (χ0) is 18.8. The Hall–Kier alpha value is -3.19. The van der Waals surface area contributed by atoms with Gasteiger partial charge in [0, 0.05) is 16.2 Å².